The minimum Gasteiger partial charge on any atom is -0.490 e. The number of nitro groups is 1. The zero-order valence-electron chi connectivity index (χ0n) is 17.0. The lowest BCUT2D eigenvalue weighted by molar-refractivity contribution is -0.384. The number of benzene rings is 2. The van der Waals surface area contributed by atoms with E-state index in [4.69, 9.17) is 9.47 Å². The first-order chi connectivity index (χ1) is 13.8. The summed E-state index contributed by atoms with van der Waals surface area (Å²) in [5.74, 6) is 1.21. The largest absolute Gasteiger partial charge is 0.490 e. The summed E-state index contributed by atoms with van der Waals surface area (Å²) in [5, 5.41) is 14.8. The Labute approximate surface area is 169 Å². The minimum absolute atomic E-state index is 0.0980. The van der Waals surface area contributed by atoms with Crippen LogP contribution in [0.1, 0.15) is 43.4 Å². The molecule has 1 amide bonds. The van der Waals surface area contributed by atoms with E-state index < -0.39 is 4.92 Å². The Bertz CT molecular complexity index is 909. The third kappa shape index (κ3) is 6.60. The van der Waals surface area contributed by atoms with Gasteiger partial charge >= 0.3 is 0 Å². The number of aryl methyl sites for hydroxylation is 1. The number of non-ortho nitro benzene ring substituents is 1. The molecule has 0 aliphatic carbocycles. The molecule has 0 atom stereocenters. The topological polar surface area (TPSA) is 103 Å². The predicted octanol–water partition coefficient (Wildman–Crippen LogP) is 3.95. The molecule has 2 aromatic rings. The molecule has 154 valence electrons. The maximum atomic E-state index is 11.0. The molecule has 0 radical (unpaired) electrons. The van der Waals surface area contributed by atoms with Crippen LogP contribution in [0.2, 0.25) is 0 Å². The van der Waals surface area contributed by atoms with Gasteiger partial charge in [0.1, 0.15) is 24.7 Å². The van der Waals surface area contributed by atoms with E-state index in [1.807, 2.05) is 13.0 Å². The van der Waals surface area contributed by atoms with Crippen molar-refractivity contribution in [2.24, 2.45) is 5.10 Å². The van der Waals surface area contributed by atoms with Crippen LogP contribution in [0.4, 0.5) is 5.69 Å². The van der Waals surface area contributed by atoms with Gasteiger partial charge in [-0.1, -0.05) is 26.0 Å². The average molecular weight is 399 g/mol. The van der Waals surface area contributed by atoms with Gasteiger partial charge < -0.3 is 9.47 Å². The lowest BCUT2D eigenvalue weighted by Gasteiger charge is -2.15. The number of nitrogens with zero attached hydrogens (tertiary/aromatic N) is 2. The number of nitrogens with one attached hydrogen (secondary N) is 1. The van der Waals surface area contributed by atoms with Crippen LogP contribution in [0, 0.1) is 17.0 Å². The van der Waals surface area contributed by atoms with Crippen molar-refractivity contribution in [2.75, 3.05) is 13.2 Å². The second-order valence-corrected chi connectivity index (χ2v) is 6.80. The zero-order chi connectivity index (χ0) is 21.4. The third-order valence-corrected chi connectivity index (χ3v) is 4.02. The van der Waals surface area contributed by atoms with E-state index in [-0.39, 0.29) is 18.2 Å². The Morgan fingerprint density at radius 3 is 2.48 bits per heavy atom. The average Bonchev–Trinajstić information content (AvgIpc) is 2.65. The van der Waals surface area contributed by atoms with E-state index >= 15 is 0 Å². The Morgan fingerprint density at radius 1 is 1.17 bits per heavy atom. The van der Waals surface area contributed by atoms with E-state index in [9.17, 15) is 14.9 Å². The minimum atomic E-state index is -0.506. The molecule has 0 aromatic heterocycles. The van der Waals surface area contributed by atoms with Crippen molar-refractivity contribution in [3.8, 4) is 11.5 Å². The SMILES string of the molecule is CC(=O)NN=Cc1cc([N+](=O)[O-])ccc1OCCOc1cc(C)ccc1C(C)C. The summed E-state index contributed by atoms with van der Waals surface area (Å²) in [5.41, 5.74) is 4.77. The number of hydrogen-bond acceptors (Lipinski definition) is 6. The van der Waals surface area contributed by atoms with Crippen LogP contribution < -0.4 is 14.9 Å². The van der Waals surface area contributed by atoms with Crippen molar-refractivity contribution in [3.63, 3.8) is 0 Å². The number of nitro benzene ring substituents is 1. The summed E-state index contributed by atoms with van der Waals surface area (Å²) in [4.78, 5) is 21.5. The van der Waals surface area contributed by atoms with Gasteiger partial charge in [-0.3, -0.25) is 14.9 Å². The molecule has 0 fully saturated rings. The molecule has 0 spiro atoms. The van der Waals surface area contributed by atoms with Crippen molar-refractivity contribution in [3.05, 3.63) is 63.2 Å². The molecule has 1 N–H and O–H groups in total. The van der Waals surface area contributed by atoms with Crippen molar-refractivity contribution in [1.82, 2.24) is 5.43 Å². The first-order valence-electron chi connectivity index (χ1n) is 9.22. The van der Waals surface area contributed by atoms with Crippen LogP contribution in [0.5, 0.6) is 11.5 Å². The van der Waals surface area contributed by atoms with Gasteiger partial charge in [-0.15, -0.1) is 0 Å². The van der Waals surface area contributed by atoms with Gasteiger partial charge in [-0.25, -0.2) is 5.43 Å². The Balaban J connectivity index is 2.06. The second kappa shape index (κ2) is 10.2. The zero-order valence-corrected chi connectivity index (χ0v) is 17.0. The van der Waals surface area contributed by atoms with Crippen LogP contribution in [-0.2, 0) is 4.79 Å². The van der Waals surface area contributed by atoms with E-state index in [1.54, 1.807) is 0 Å². The third-order valence-electron chi connectivity index (χ3n) is 4.02. The molecule has 8 heteroatoms. The normalized spacial score (nSPS) is 10.9. The molecule has 0 saturated heterocycles. The van der Waals surface area contributed by atoms with E-state index in [1.165, 1.54) is 31.3 Å². The van der Waals surface area contributed by atoms with Crippen molar-refractivity contribution in [2.45, 2.75) is 33.6 Å². The molecular weight excluding hydrogens is 374 g/mol. The number of carbonyl (C=O) groups excluding carboxylic acids is 1. The Hall–Kier alpha value is -3.42. The summed E-state index contributed by atoms with van der Waals surface area (Å²) in [6.07, 6.45) is 1.31. The van der Waals surface area contributed by atoms with E-state index in [0.717, 1.165) is 16.9 Å². The number of carbonyl (C=O) groups is 1. The smallest absolute Gasteiger partial charge is 0.270 e. The molecular formula is C21H25N3O5. The lowest BCUT2D eigenvalue weighted by Crippen LogP contribution is -2.13. The van der Waals surface area contributed by atoms with Crippen molar-refractivity contribution >= 4 is 17.8 Å². The molecule has 0 aliphatic rings. The Kier molecular flexibility index (Phi) is 7.70. The fourth-order valence-electron chi connectivity index (χ4n) is 2.62. The molecule has 2 rings (SSSR count). The summed E-state index contributed by atoms with van der Waals surface area (Å²) in [6.45, 7) is 8.07. The van der Waals surface area contributed by atoms with Crippen LogP contribution in [0.25, 0.3) is 0 Å². The van der Waals surface area contributed by atoms with Gasteiger partial charge in [-0.2, -0.15) is 5.10 Å². The molecule has 29 heavy (non-hydrogen) atoms. The predicted molar refractivity (Wildman–Crippen MR) is 111 cm³/mol. The maximum absolute atomic E-state index is 11.0. The summed E-state index contributed by atoms with van der Waals surface area (Å²) >= 11 is 0. The van der Waals surface area contributed by atoms with Crippen molar-refractivity contribution < 1.29 is 19.2 Å². The van der Waals surface area contributed by atoms with Gasteiger partial charge in [0.15, 0.2) is 0 Å². The van der Waals surface area contributed by atoms with Crippen LogP contribution in [0.3, 0.4) is 0 Å². The molecule has 0 bridgehead atoms. The number of hydrogen-bond donors (Lipinski definition) is 1. The van der Waals surface area contributed by atoms with E-state index in [0.29, 0.717) is 23.8 Å². The molecule has 0 heterocycles. The fraction of sp³-hybridized carbons (Fsp3) is 0.333. The number of ether oxygens (including phenoxy) is 2. The summed E-state index contributed by atoms with van der Waals surface area (Å²) in [7, 11) is 0. The van der Waals surface area contributed by atoms with Crippen LogP contribution >= 0.6 is 0 Å². The standard InChI is InChI=1S/C21H25N3O5/c1-14(2)19-7-5-15(3)11-21(19)29-10-9-28-20-8-6-18(24(26)27)12-17(20)13-22-23-16(4)25/h5-8,11-14H,9-10H2,1-4H3,(H,23,25). The molecule has 0 unspecified atom stereocenters. The highest BCUT2D eigenvalue weighted by atomic mass is 16.6. The van der Waals surface area contributed by atoms with Gasteiger partial charge in [-0.05, 0) is 36.1 Å². The first-order valence-corrected chi connectivity index (χ1v) is 9.22. The molecule has 0 saturated carbocycles. The monoisotopic (exact) mass is 399 g/mol. The van der Waals surface area contributed by atoms with Gasteiger partial charge in [0.25, 0.3) is 5.69 Å². The highest BCUT2D eigenvalue weighted by Gasteiger charge is 2.12. The van der Waals surface area contributed by atoms with Crippen LogP contribution in [0.15, 0.2) is 41.5 Å². The lowest BCUT2D eigenvalue weighted by atomic mass is 10.0. The highest BCUT2D eigenvalue weighted by Crippen LogP contribution is 2.27. The maximum Gasteiger partial charge on any atom is 0.270 e. The summed E-state index contributed by atoms with van der Waals surface area (Å²) < 4.78 is 11.6. The van der Waals surface area contributed by atoms with Gasteiger partial charge in [0, 0.05) is 24.6 Å². The number of amides is 1. The van der Waals surface area contributed by atoms with Gasteiger partial charge in [0.05, 0.1) is 11.1 Å². The summed E-state index contributed by atoms with van der Waals surface area (Å²) in [6, 6.07) is 10.3. The fourth-order valence-corrected chi connectivity index (χ4v) is 2.62. The second-order valence-electron chi connectivity index (χ2n) is 6.80. The number of rotatable bonds is 9. The van der Waals surface area contributed by atoms with Crippen molar-refractivity contribution in [1.29, 1.82) is 0 Å². The molecule has 0 aliphatic heterocycles. The quantitative estimate of drug-likeness (QED) is 0.298. The molecule has 2 aromatic carbocycles. The van der Waals surface area contributed by atoms with Gasteiger partial charge in [0.2, 0.25) is 5.91 Å². The van der Waals surface area contributed by atoms with Crippen LogP contribution in [-0.4, -0.2) is 30.3 Å². The highest BCUT2D eigenvalue weighted by molar-refractivity contribution is 5.85. The Morgan fingerprint density at radius 2 is 1.86 bits per heavy atom. The molecule has 8 nitrogen and oxygen atoms in total. The number of hydrazone groups is 1. The first kappa shape index (κ1) is 21.9. The van der Waals surface area contributed by atoms with E-state index in [2.05, 4.69) is 36.5 Å².